The van der Waals surface area contributed by atoms with Crippen LogP contribution in [-0.2, 0) is 9.59 Å². The lowest BCUT2D eigenvalue weighted by atomic mass is 10.0. The number of hydrogen-bond acceptors (Lipinski definition) is 4. The summed E-state index contributed by atoms with van der Waals surface area (Å²) in [6.07, 6.45) is 1.82. The van der Waals surface area contributed by atoms with Gasteiger partial charge in [-0.15, -0.1) is 0 Å². The molecule has 0 saturated heterocycles. The van der Waals surface area contributed by atoms with Crippen molar-refractivity contribution in [3.05, 3.63) is 52.6 Å². The molecular formula is C15H11NO4. The molecule has 0 spiro atoms. The van der Waals surface area contributed by atoms with E-state index in [0.717, 1.165) is 0 Å². The molecular weight excluding hydrogens is 258 g/mol. The first-order valence-corrected chi connectivity index (χ1v) is 6.10. The van der Waals surface area contributed by atoms with Crippen molar-refractivity contribution in [2.24, 2.45) is 5.73 Å². The van der Waals surface area contributed by atoms with Crippen LogP contribution >= 0.6 is 0 Å². The smallest absolute Gasteiger partial charge is 0.248 e. The summed E-state index contributed by atoms with van der Waals surface area (Å²) < 4.78 is 5.45. The van der Waals surface area contributed by atoms with E-state index in [0.29, 0.717) is 34.5 Å². The van der Waals surface area contributed by atoms with Crippen LogP contribution < -0.4 is 10.5 Å². The summed E-state index contributed by atoms with van der Waals surface area (Å²) in [7, 11) is 0. The summed E-state index contributed by atoms with van der Waals surface area (Å²) in [5.74, 6) is -0.348. The maximum absolute atomic E-state index is 11.9. The average Bonchev–Trinajstić information content (AvgIpc) is 3.23. The number of primary amides is 1. The Hall–Kier alpha value is -2.69. The van der Waals surface area contributed by atoms with Gasteiger partial charge in [0.05, 0.1) is 0 Å². The molecule has 1 amide bonds. The Morgan fingerprint density at radius 1 is 1.25 bits per heavy atom. The summed E-state index contributed by atoms with van der Waals surface area (Å²) in [6.45, 7) is 0.00354. The minimum absolute atomic E-state index is 0.00354. The molecule has 0 aromatic heterocycles. The molecule has 1 aromatic carbocycles. The van der Waals surface area contributed by atoms with E-state index in [-0.39, 0.29) is 18.2 Å². The largest absolute Gasteiger partial charge is 0.489 e. The van der Waals surface area contributed by atoms with E-state index < -0.39 is 5.91 Å². The molecule has 0 unspecified atom stereocenters. The zero-order valence-electron chi connectivity index (χ0n) is 10.5. The zero-order chi connectivity index (χ0) is 14.3. The van der Waals surface area contributed by atoms with E-state index in [1.165, 1.54) is 12.1 Å². The third-order valence-electron chi connectivity index (χ3n) is 3.27. The highest BCUT2D eigenvalue weighted by molar-refractivity contribution is 6.28. The quantitative estimate of drug-likeness (QED) is 0.824. The van der Waals surface area contributed by atoms with Crippen LogP contribution in [0.1, 0.15) is 16.8 Å². The standard InChI is InChI=1S/C15H11NO4/c16-15(19)8-2-1-3-10(4-8)20-7-9-5-13(17)11-6-12(11)14(9)18/h1-5H,6-7H2,(H2,16,19). The number of ether oxygens (including phenoxy) is 1. The van der Waals surface area contributed by atoms with Crippen molar-refractivity contribution in [1.29, 1.82) is 0 Å². The van der Waals surface area contributed by atoms with Crippen LogP contribution in [0.3, 0.4) is 0 Å². The fraction of sp³-hybridized carbons (Fsp3) is 0.133. The Labute approximate surface area is 114 Å². The van der Waals surface area contributed by atoms with Gasteiger partial charge in [-0.25, -0.2) is 0 Å². The molecule has 5 heteroatoms. The number of rotatable bonds is 4. The number of carbonyl (C=O) groups excluding carboxylic acids is 3. The molecule has 0 bridgehead atoms. The molecule has 2 aliphatic rings. The highest BCUT2D eigenvalue weighted by Gasteiger charge is 2.38. The second-order valence-electron chi connectivity index (χ2n) is 4.68. The Bertz CT molecular complexity index is 712. The molecule has 0 atom stereocenters. The molecule has 0 heterocycles. The molecule has 0 aliphatic heterocycles. The summed E-state index contributed by atoms with van der Waals surface area (Å²) in [4.78, 5) is 34.5. The number of Topliss-reactive ketones (excluding diaryl/α,β-unsaturated/α-hetero) is 1. The van der Waals surface area contributed by atoms with Gasteiger partial charge >= 0.3 is 0 Å². The predicted octanol–water partition coefficient (Wildman–Crippen LogP) is 0.943. The summed E-state index contributed by atoms with van der Waals surface area (Å²) in [6, 6.07) is 6.37. The van der Waals surface area contributed by atoms with Gasteiger partial charge in [-0.05, 0) is 24.3 Å². The average molecular weight is 269 g/mol. The number of benzene rings is 1. The van der Waals surface area contributed by atoms with E-state index in [1.807, 2.05) is 0 Å². The van der Waals surface area contributed by atoms with Crippen LogP contribution in [0.5, 0.6) is 5.75 Å². The van der Waals surface area contributed by atoms with Crippen LogP contribution in [0.2, 0.25) is 0 Å². The van der Waals surface area contributed by atoms with Gasteiger partial charge in [-0.1, -0.05) is 6.07 Å². The Morgan fingerprint density at radius 2 is 2.05 bits per heavy atom. The first-order chi connectivity index (χ1) is 9.56. The fourth-order valence-electron chi connectivity index (χ4n) is 2.10. The molecule has 2 aliphatic carbocycles. The van der Waals surface area contributed by atoms with Gasteiger partial charge in [0.15, 0.2) is 11.6 Å². The highest BCUT2D eigenvalue weighted by atomic mass is 16.5. The molecule has 20 heavy (non-hydrogen) atoms. The lowest BCUT2D eigenvalue weighted by Gasteiger charge is -2.09. The van der Waals surface area contributed by atoms with Gasteiger partial charge < -0.3 is 10.5 Å². The van der Waals surface area contributed by atoms with Crippen LogP contribution in [-0.4, -0.2) is 24.1 Å². The van der Waals surface area contributed by atoms with Crippen LogP contribution in [0.25, 0.3) is 0 Å². The number of carbonyl (C=O) groups is 3. The first kappa shape index (κ1) is 12.3. The topological polar surface area (TPSA) is 86.5 Å². The number of hydrogen-bond donors (Lipinski definition) is 1. The van der Waals surface area contributed by atoms with Crippen molar-refractivity contribution in [2.75, 3.05) is 6.61 Å². The van der Waals surface area contributed by atoms with Crippen molar-refractivity contribution in [1.82, 2.24) is 0 Å². The molecule has 0 fully saturated rings. The second-order valence-corrected chi connectivity index (χ2v) is 4.68. The van der Waals surface area contributed by atoms with E-state index in [1.54, 1.807) is 18.2 Å². The second kappa shape index (κ2) is 4.45. The molecule has 1 aromatic rings. The fourth-order valence-corrected chi connectivity index (χ4v) is 2.10. The minimum atomic E-state index is -0.550. The van der Waals surface area contributed by atoms with E-state index in [2.05, 4.69) is 0 Å². The zero-order valence-corrected chi connectivity index (χ0v) is 10.5. The third-order valence-corrected chi connectivity index (χ3v) is 3.27. The third kappa shape index (κ3) is 2.14. The van der Waals surface area contributed by atoms with Crippen molar-refractivity contribution < 1.29 is 19.1 Å². The molecule has 5 nitrogen and oxygen atoms in total. The van der Waals surface area contributed by atoms with Gasteiger partial charge in [-0.3, -0.25) is 14.4 Å². The van der Waals surface area contributed by atoms with Crippen molar-refractivity contribution in [3.63, 3.8) is 0 Å². The van der Waals surface area contributed by atoms with Crippen molar-refractivity contribution in [3.8, 4) is 5.75 Å². The summed E-state index contributed by atoms with van der Waals surface area (Å²) >= 11 is 0. The lowest BCUT2D eigenvalue weighted by molar-refractivity contribution is -0.114. The van der Waals surface area contributed by atoms with Gasteiger partial charge in [0.25, 0.3) is 0 Å². The monoisotopic (exact) mass is 269 g/mol. The highest BCUT2D eigenvalue weighted by Crippen LogP contribution is 2.38. The minimum Gasteiger partial charge on any atom is -0.489 e. The maximum Gasteiger partial charge on any atom is 0.248 e. The van der Waals surface area contributed by atoms with Crippen LogP contribution in [0.4, 0.5) is 0 Å². The van der Waals surface area contributed by atoms with Crippen LogP contribution in [0.15, 0.2) is 47.1 Å². The maximum atomic E-state index is 11.9. The van der Waals surface area contributed by atoms with Gasteiger partial charge in [0.1, 0.15) is 12.4 Å². The van der Waals surface area contributed by atoms with E-state index in [9.17, 15) is 14.4 Å². The number of allylic oxidation sites excluding steroid dienone is 3. The van der Waals surface area contributed by atoms with Gasteiger partial charge in [0.2, 0.25) is 5.91 Å². The number of nitrogens with two attached hydrogens (primary N) is 1. The predicted molar refractivity (Wildman–Crippen MR) is 70.2 cm³/mol. The molecule has 3 rings (SSSR count). The SMILES string of the molecule is NC(=O)c1cccc(OCC2=CC(=O)C3=C(C3)C2=O)c1. The normalized spacial score (nSPS) is 16.7. The van der Waals surface area contributed by atoms with Gasteiger partial charge in [0, 0.05) is 28.7 Å². The first-order valence-electron chi connectivity index (χ1n) is 6.10. The van der Waals surface area contributed by atoms with Crippen LogP contribution in [0, 0.1) is 0 Å². The van der Waals surface area contributed by atoms with Crippen molar-refractivity contribution in [2.45, 2.75) is 6.42 Å². The summed E-state index contributed by atoms with van der Waals surface area (Å²) in [5.41, 5.74) is 7.07. The molecule has 0 radical (unpaired) electrons. The molecule has 2 N–H and O–H groups in total. The Kier molecular flexibility index (Phi) is 2.75. The van der Waals surface area contributed by atoms with E-state index in [4.69, 9.17) is 10.5 Å². The van der Waals surface area contributed by atoms with Gasteiger partial charge in [-0.2, -0.15) is 0 Å². The van der Waals surface area contributed by atoms with Crippen molar-refractivity contribution >= 4 is 17.5 Å². The number of amides is 1. The Morgan fingerprint density at radius 3 is 2.80 bits per heavy atom. The summed E-state index contributed by atoms with van der Waals surface area (Å²) in [5, 5.41) is 0. The Balaban J connectivity index is 1.71. The lowest BCUT2D eigenvalue weighted by Crippen LogP contribution is -2.15. The molecule has 0 saturated carbocycles. The van der Waals surface area contributed by atoms with E-state index >= 15 is 0 Å². The molecule has 100 valence electrons. The number of ketones is 2.